The second-order valence-corrected chi connectivity index (χ2v) is 4.56. The van der Waals surface area contributed by atoms with Crippen molar-refractivity contribution < 1.29 is 14.3 Å². The number of methoxy groups -OCH3 is 2. The highest BCUT2D eigenvalue weighted by atomic mass is 16.5. The molecule has 0 aromatic heterocycles. The standard InChI is InChI=1S/C15H24N2O3/c1-17(11-6-12-19-2)15(18)16-10-9-13-7-4-5-8-14(13)20-3/h4-5,7-8H,6,9-12H2,1-3H3,(H,16,18). The van der Waals surface area contributed by atoms with E-state index in [0.29, 0.717) is 19.7 Å². The Labute approximate surface area is 120 Å². The van der Waals surface area contributed by atoms with Gasteiger partial charge in [0.1, 0.15) is 5.75 Å². The second-order valence-electron chi connectivity index (χ2n) is 4.56. The van der Waals surface area contributed by atoms with Crippen LogP contribution in [-0.4, -0.2) is 51.9 Å². The van der Waals surface area contributed by atoms with Gasteiger partial charge in [0.15, 0.2) is 0 Å². The Kier molecular flexibility index (Phi) is 7.50. The highest BCUT2D eigenvalue weighted by Gasteiger charge is 2.08. The predicted molar refractivity (Wildman–Crippen MR) is 79.2 cm³/mol. The van der Waals surface area contributed by atoms with Crippen LogP contribution >= 0.6 is 0 Å². The van der Waals surface area contributed by atoms with E-state index >= 15 is 0 Å². The van der Waals surface area contributed by atoms with Crippen LogP contribution in [0.15, 0.2) is 24.3 Å². The van der Waals surface area contributed by atoms with Crippen molar-refractivity contribution in [2.45, 2.75) is 12.8 Å². The highest BCUT2D eigenvalue weighted by molar-refractivity contribution is 5.73. The van der Waals surface area contributed by atoms with Crippen LogP contribution in [0.1, 0.15) is 12.0 Å². The van der Waals surface area contributed by atoms with E-state index in [1.54, 1.807) is 26.2 Å². The average molecular weight is 280 g/mol. The Hall–Kier alpha value is -1.75. The zero-order valence-corrected chi connectivity index (χ0v) is 12.5. The van der Waals surface area contributed by atoms with Gasteiger partial charge in [-0.05, 0) is 24.5 Å². The molecule has 0 aliphatic heterocycles. The van der Waals surface area contributed by atoms with Crippen molar-refractivity contribution in [1.29, 1.82) is 0 Å². The smallest absolute Gasteiger partial charge is 0.317 e. The summed E-state index contributed by atoms with van der Waals surface area (Å²) in [5.41, 5.74) is 1.09. The fourth-order valence-corrected chi connectivity index (χ4v) is 1.90. The molecule has 112 valence electrons. The number of nitrogens with zero attached hydrogens (tertiary/aromatic N) is 1. The Morgan fingerprint density at radius 2 is 2.05 bits per heavy atom. The van der Waals surface area contributed by atoms with Crippen LogP contribution in [0.2, 0.25) is 0 Å². The molecule has 0 saturated carbocycles. The molecule has 0 unspecified atom stereocenters. The number of benzene rings is 1. The van der Waals surface area contributed by atoms with Gasteiger partial charge in [-0.2, -0.15) is 0 Å². The van der Waals surface area contributed by atoms with Gasteiger partial charge < -0.3 is 19.7 Å². The summed E-state index contributed by atoms with van der Waals surface area (Å²) >= 11 is 0. The summed E-state index contributed by atoms with van der Waals surface area (Å²) in [5.74, 6) is 0.857. The van der Waals surface area contributed by atoms with Crippen LogP contribution in [0.5, 0.6) is 5.75 Å². The van der Waals surface area contributed by atoms with Gasteiger partial charge in [-0.1, -0.05) is 18.2 Å². The first-order valence-electron chi connectivity index (χ1n) is 6.78. The topological polar surface area (TPSA) is 50.8 Å². The summed E-state index contributed by atoms with van der Waals surface area (Å²) < 4.78 is 10.2. The third kappa shape index (κ3) is 5.48. The van der Waals surface area contributed by atoms with Crippen LogP contribution in [0, 0.1) is 0 Å². The van der Waals surface area contributed by atoms with Crippen molar-refractivity contribution in [3.63, 3.8) is 0 Å². The van der Waals surface area contributed by atoms with E-state index in [2.05, 4.69) is 5.32 Å². The van der Waals surface area contributed by atoms with Gasteiger partial charge in [0.25, 0.3) is 0 Å². The molecule has 1 aromatic carbocycles. The van der Waals surface area contributed by atoms with E-state index in [0.717, 1.165) is 24.2 Å². The molecule has 5 heteroatoms. The third-order valence-corrected chi connectivity index (χ3v) is 3.05. The van der Waals surface area contributed by atoms with Gasteiger partial charge in [0.2, 0.25) is 0 Å². The van der Waals surface area contributed by atoms with E-state index in [-0.39, 0.29) is 6.03 Å². The lowest BCUT2D eigenvalue weighted by atomic mass is 10.1. The van der Waals surface area contributed by atoms with Crippen molar-refractivity contribution in [3.8, 4) is 5.75 Å². The SMILES string of the molecule is COCCCN(C)C(=O)NCCc1ccccc1OC. The Bertz CT molecular complexity index is 410. The minimum atomic E-state index is -0.0593. The zero-order chi connectivity index (χ0) is 14.8. The monoisotopic (exact) mass is 280 g/mol. The molecular formula is C15H24N2O3. The van der Waals surface area contributed by atoms with Crippen molar-refractivity contribution >= 4 is 6.03 Å². The van der Waals surface area contributed by atoms with E-state index in [1.807, 2.05) is 24.3 Å². The first kappa shape index (κ1) is 16.3. The number of carbonyl (C=O) groups excluding carboxylic acids is 1. The van der Waals surface area contributed by atoms with Gasteiger partial charge in [-0.15, -0.1) is 0 Å². The van der Waals surface area contributed by atoms with Gasteiger partial charge in [0, 0.05) is 33.9 Å². The number of urea groups is 1. The molecule has 0 fully saturated rings. The molecule has 1 N–H and O–H groups in total. The molecule has 0 atom stereocenters. The summed E-state index contributed by atoms with van der Waals surface area (Å²) in [6.07, 6.45) is 1.59. The maximum absolute atomic E-state index is 11.8. The zero-order valence-electron chi connectivity index (χ0n) is 12.5. The lowest BCUT2D eigenvalue weighted by Crippen LogP contribution is -2.39. The fourth-order valence-electron chi connectivity index (χ4n) is 1.90. The van der Waals surface area contributed by atoms with Crippen molar-refractivity contribution in [2.24, 2.45) is 0 Å². The molecule has 0 aliphatic rings. The summed E-state index contributed by atoms with van der Waals surface area (Å²) in [6, 6.07) is 7.78. The van der Waals surface area contributed by atoms with Crippen LogP contribution in [0.4, 0.5) is 4.79 Å². The van der Waals surface area contributed by atoms with Crippen molar-refractivity contribution in [2.75, 3.05) is 41.0 Å². The quantitative estimate of drug-likeness (QED) is 0.740. The predicted octanol–water partition coefficient (Wildman–Crippen LogP) is 1.92. The van der Waals surface area contributed by atoms with Crippen molar-refractivity contribution in [1.82, 2.24) is 10.2 Å². The molecule has 2 amide bonds. The summed E-state index contributed by atoms with van der Waals surface area (Å²) in [7, 11) is 5.10. The van der Waals surface area contributed by atoms with Crippen LogP contribution in [0.25, 0.3) is 0 Å². The Balaban J connectivity index is 2.31. The summed E-state index contributed by atoms with van der Waals surface area (Å²) in [5, 5.41) is 2.90. The molecule has 0 heterocycles. The lowest BCUT2D eigenvalue weighted by molar-refractivity contribution is 0.175. The first-order chi connectivity index (χ1) is 9.69. The number of rotatable bonds is 8. The molecule has 0 radical (unpaired) electrons. The van der Waals surface area contributed by atoms with E-state index in [9.17, 15) is 4.79 Å². The number of carbonyl (C=O) groups is 1. The molecule has 0 spiro atoms. The molecule has 5 nitrogen and oxygen atoms in total. The van der Waals surface area contributed by atoms with Gasteiger partial charge in [-0.3, -0.25) is 0 Å². The van der Waals surface area contributed by atoms with Gasteiger partial charge in [0.05, 0.1) is 7.11 Å². The minimum Gasteiger partial charge on any atom is -0.496 e. The number of hydrogen-bond donors (Lipinski definition) is 1. The molecule has 0 bridgehead atoms. The fraction of sp³-hybridized carbons (Fsp3) is 0.533. The van der Waals surface area contributed by atoms with E-state index in [4.69, 9.17) is 9.47 Å². The normalized spacial score (nSPS) is 10.2. The van der Waals surface area contributed by atoms with E-state index < -0.39 is 0 Å². The first-order valence-corrected chi connectivity index (χ1v) is 6.78. The summed E-state index contributed by atoms with van der Waals surface area (Å²) in [6.45, 7) is 1.95. The maximum Gasteiger partial charge on any atom is 0.317 e. The van der Waals surface area contributed by atoms with Gasteiger partial charge in [-0.25, -0.2) is 4.79 Å². The number of nitrogens with one attached hydrogen (secondary N) is 1. The highest BCUT2D eigenvalue weighted by Crippen LogP contribution is 2.17. The number of amides is 2. The van der Waals surface area contributed by atoms with Crippen molar-refractivity contribution in [3.05, 3.63) is 29.8 Å². The van der Waals surface area contributed by atoms with Crippen LogP contribution < -0.4 is 10.1 Å². The van der Waals surface area contributed by atoms with Crippen LogP contribution in [0.3, 0.4) is 0 Å². The molecule has 1 aromatic rings. The summed E-state index contributed by atoms with van der Waals surface area (Å²) in [4.78, 5) is 13.5. The maximum atomic E-state index is 11.8. The Morgan fingerprint density at radius 1 is 1.30 bits per heavy atom. The molecule has 0 saturated heterocycles. The third-order valence-electron chi connectivity index (χ3n) is 3.05. The molecule has 20 heavy (non-hydrogen) atoms. The number of ether oxygens (including phenoxy) is 2. The lowest BCUT2D eigenvalue weighted by Gasteiger charge is -2.18. The average Bonchev–Trinajstić information content (AvgIpc) is 2.47. The molecular weight excluding hydrogens is 256 g/mol. The molecule has 0 aliphatic carbocycles. The second kappa shape index (κ2) is 9.20. The minimum absolute atomic E-state index is 0.0593. The Morgan fingerprint density at radius 3 is 2.75 bits per heavy atom. The number of hydrogen-bond acceptors (Lipinski definition) is 3. The van der Waals surface area contributed by atoms with Gasteiger partial charge >= 0.3 is 6.03 Å². The van der Waals surface area contributed by atoms with E-state index in [1.165, 1.54) is 0 Å². The largest absolute Gasteiger partial charge is 0.496 e. The number of para-hydroxylation sites is 1. The molecule has 1 rings (SSSR count). The van der Waals surface area contributed by atoms with Crippen LogP contribution in [-0.2, 0) is 11.2 Å².